The molecular weight excluding hydrogens is 470 g/mol. The Morgan fingerprint density at radius 1 is 1.08 bits per heavy atom. The van der Waals surface area contributed by atoms with Crippen LogP contribution >= 0.6 is 0 Å². The van der Waals surface area contributed by atoms with E-state index in [-0.39, 0.29) is 29.5 Å². The number of carbonyl (C=O) groups excluding carboxylic acids is 3. The van der Waals surface area contributed by atoms with Gasteiger partial charge in [0.15, 0.2) is 0 Å². The van der Waals surface area contributed by atoms with Gasteiger partial charge in [-0.1, -0.05) is 58.6 Å². The molecule has 2 unspecified atom stereocenters. The van der Waals surface area contributed by atoms with Crippen LogP contribution in [0.25, 0.3) is 0 Å². The Morgan fingerprint density at radius 2 is 1.70 bits per heavy atom. The zero-order chi connectivity index (χ0) is 27.6. The van der Waals surface area contributed by atoms with Crippen LogP contribution in [0.4, 0.5) is 4.79 Å². The Labute approximate surface area is 222 Å². The van der Waals surface area contributed by atoms with Gasteiger partial charge >= 0.3 is 6.09 Å². The second-order valence-electron chi connectivity index (χ2n) is 11.6. The van der Waals surface area contributed by atoms with Gasteiger partial charge in [0.2, 0.25) is 11.8 Å². The minimum atomic E-state index is -0.878. The van der Waals surface area contributed by atoms with Gasteiger partial charge in [-0.15, -0.1) is 0 Å². The van der Waals surface area contributed by atoms with Crippen LogP contribution in [0.15, 0.2) is 24.3 Å². The lowest BCUT2D eigenvalue weighted by Crippen LogP contribution is -2.54. The normalized spacial score (nSPS) is 16.1. The number of nitrogens with zero attached hydrogens (tertiary/aromatic N) is 1. The molecule has 208 valence electrons. The molecule has 8 nitrogen and oxygen atoms in total. The molecule has 1 aliphatic rings. The molecule has 3 N–H and O–H groups in total. The number of ether oxygens (including phenoxy) is 1. The summed E-state index contributed by atoms with van der Waals surface area (Å²) in [5, 5.41) is 15.8. The molecule has 0 saturated heterocycles. The lowest BCUT2D eigenvalue weighted by atomic mass is 9.94. The number of hydrogen-bond acceptors (Lipinski definition) is 5. The van der Waals surface area contributed by atoms with Gasteiger partial charge in [-0.25, -0.2) is 4.79 Å². The minimum Gasteiger partial charge on any atom is -0.508 e. The summed E-state index contributed by atoms with van der Waals surface area (Å²) in [6.45, 7) is 11.7. The standard InChI is InChI=1S/C29H47N3O5/c1-7-8-18-32(27(35)24(19-20(2)3)31-28(36)37-29(4,5)6)25(21-14-16-23(33)17-15-21)26(34)30-22-12-10-9-11-13-22/h14-17,20,22,24-25,33H,7-13,18-19H2,1-6H3,(H,30,34)(H,31,36). The highest BCUT2D eigenvalue weighted by Crippen LogP contribution is 2.27. The first kappa shape index (κ1) is 30.5. The smallest absolute Gasteiger partial charge is 0.408 e. The van der Waals surface area contributed by atoms with Crippen LogP contribution in [0.5, 0.6) is 5.75 Å². The van der Waals surface area contributed by atoms with Crippen LogP contribution in [0, 0.1) is 5.92 Å². The number of unbranched alkanes of at least 4 members (excludes halogenated alkanes) is 1. The van der Waals surface area contributed by atoms with Crippen molar-refractivity contribution in [2.75, 3.05) is 6.54 Å². The number of amides is 3. The maximum absolute atomic E-state index is 14.1. The van der Waals surface area contributed by atoms with Gasteiger partial charge in [0, 0.05) is 12.6 Å². The first-order valence-corrected chi connectivity index (χ1v) is 13.8. The number of phenols is 1. The average molecular weight is 518 g/mol. The maximum Gasteiger partial charge on any atom is 0.408 e. The summed E-state index contributed by atoms with van der Waals surface area (Å²) in [6, 6.07) is 4.80. The predicted octanol–water partition coefficient (Wildman–Crippen LogP) is 5.45. The van der Waals surface area contributed by atoms with E-state index in [2.05, 4.69) is 10.6 Å². The summed E-state index contributed by atoms with van der Waals surface area (Å²) < 4.78 is 5.44. The van der Waals surface area contributed by atoms with Crippen LogP contribution < -0.4 is 10.6 Å². The van der Waals surface area contributed by atoms with Crippen LogP contribution in [-0.2, 0) is 14.3 Å². The lowest BCUT2D eigenvalue weighted by molar-refractivity contribution is -0.143. The van der Waals surface area contributed by atoms with Crippen molar-refractivity contribution in [3.05, 3.63) is 29.8 Å². The van der Waals surface area contributed by atoms with Gasteiger partial charge in [-0.2, -0.15) is 0 Å². The molecule has 1 saturated carbocycles. The zero-order valence-corrected chi connectivity index (χ0v) is 23.5. The van der Waals surface area contributed by atoms with E-state index in [0.29, 0.717) is 24.9 Å². The third-order valence-corrected chi connectivity index (χ3v) is 6.45. The molecule has 0 aliphatic heterocycles. The highest BCUT2D eigenvalue weighted by Gasteiger charge is 2.37. The van der Waals surface area contributed by atoms with E-state index in [4.69, 9.17) is 4.74 Å². The van der Waals surface area contributed by atoms with Crippen LogP contribution in [0.3, 0.4) is 0 Å². The van der Waals surface area contributed by atoms with Gasteiger partial charge in [-0.3, -0.25) is 9.59 Å². The second kappa shape index (κ2) is 14.2. The molecule has 37 heavy (non-hydrogen) atoms. The fourth-order valence-corrected chi connectivity index (χ4v) is 4.69. The van der Waals surface area contributed by atoms with E-state index >= 15 is 0 Å². The van der Waals surface area contributed by atoms with Crippen LogP contribution in [0.1, 0.15) is 105 Å². The Bertz CT molecular complexity index is 873. The Morgan fingerprint density at radius 3 is 2.24 bits per heavy atom. The monoisotopic (exact) mass is 517 g/mol. The highest BCUT2D eigenvalue weighted by atomic mass is 16.6. The van der Waals surface area contributed by atoms with Crippen molar-refractivity contribution in [1.82, 2.24) is 15.5 Å². The van der Waals surface area contributed by atoms with Crippen molar-refractivity contribution >= 4 is 17.9 Å². The number of phenolic OH excluding ortho intramolecular Hbond substituents is 1. The molecule has 2 atom stereocenters. The number of nitrogens with one attached hydrogen (secondary N) is 2. The third-order valence-electron chi connectivity index (χ3n) is 6.45. The first-order chi connectivity index (χ1) is 17.4. The maximum atomic E-state index is 14.1. The van der Waals surface area contributed by atoms with Gasteiger partial charge < -0.3 is 25.4 Å². The second-order valence-corrected chi connectivity index (χ2v) is 11.6. The lowest BCUT2D eigenvalue weighted by Gasteiger charge is -2.36. The molecule has 8 heteroatoms. The van der Waals surface area contributed by atoms with Crippen molar-refractivity contribution in [2.45, 2.75) is 117 Å². The van der Waals surface area contributed by atoms with E-state index in [1.165, 1.54) is 18.6 Å². The number of carbonyl (C=O) groups is 3. The molecule has 0 aromatic heterocycles. The summed E-state index contributed by atoms with van der Waals surface area (Å²) in [7, 11) is 0. The number of alkyl carbamates (subject to hydrolysis) is 1. The molecular formula is C29H47N3O5. The quantitative estimate of drug-likeness (QED) is 0.362. The molecule has 0 bridgehead atoms. The van der Waals surface area contributed by atoms with E-state index < -0.39 is 23.8 Å². The fourth-order valence-electron chi connectivity index (χ4n) is 4.69. The molecule has 0 radical (unpaired) electrons. The molecule has 0 spiro atoms. The van der Waals surface area contributed by atoms with Gasteiger partial charge in [-0.05, 0) is 70.1 Å². The third kappa shape index (κ3) is 10.3. The largest absolute Gasteiger partial charge is 0.508 e. The van der Waals surface area contributed by atoms with Crippen molar-refractivity contribution in [3.63, 3.8) is 0 Å². The van der Waals surface area contributed by atoms with E-state index in [0.717, 1.165) is 32.1 Å². The van der Waals surface area contributed by atoms with E-state index in [1.54, 1.807) is 37.8 Å². The highest BCUT2D eigenvalue weighted by molar-refractivity contribution is 5.92. The molecule has 1 fully saturated rings. The average Bonchev–Trinajstić information content (AvgIpc) is 2.81. The number of benzene rings is 1. The summed E-state index contributed by atoms with van der Waals surface area (Å²) in [5.74, 6) is -0.335. The number of hydrogen-bond donors (Lipinski definition) is 3. The fraction of sp³-hybridized carbons (Fsp3) is 0.690. The van der Waals surface area contributed by atoms with E-state index in [1.807, 2.05) is 20.8 Å². The topological polar surface area (TPSA) is 108 Å². The Balaban J connectivity index is 2.43. The molecule has 2 rings (SSSR count). The molecule has 1 aromatic carbocycles. The summed E-state index contributed by atoms with van der Waals surface area (Å²) in [5.41, 5.74) is -0.0811. The zero-order valence-electron chi connectivity index (χ0n) is 23.5. The van der Waals surface area contributed by atoms with Crippen molar-refractivity contribution in [1.29, 1.82) is 0 Å². The van der Waals surface area contributed by atoms with E-state index in [9.17, 15) is 19.5 Å². The number of aromatic hydroxyl groups is 1. The van der Waals surface area contributed by atoms with Crippen LogP contribution in [0.2, 0.25) is 0 Å². The number of rotatable bonds is 11. The van der Waals surface area contributed by atoms with Crippen molar-refractivity contribution in [3.8, 4) is 5.75 Å². The molecule has 0 heterocycles. The summed E-state index contributed by atoms with van der Waals surface area (Å²) in [4.78, 5) is 42.1. The predicted molar refractivity (Wildman–Crippen MR) is 145 cm³/mol. The first-order valence-electron chi connectivity index (χ1n) is 13.8. The molecule has 1 aliphatic carbocycles. The molecule has 1 aromatic rings. The minimum absolute atomic E-state index is 0.0790. The van der Waals surface area contributed by atoms with Gasteiger partial charge in [0.1, 0.15) is 23.4 Å². The van der Waals surface area contributed by atoms with Crippen LogP contribution in [-0.4, -0.2) is 52.1 Å². The Hall–Kier alpha value is -2.77. The summed E-state index contributed by atoms with van der Waals surface area (Å²) in [6.07, 6.45) is 6.46. The summed E-state index contributed by atoms with van der Waals surface area (Å²) >= 11 is 0. The van der Waals surface area contributed by atoms with Crippen molar-refractivity contribution < 1.29 is 24.2 Å². The SMILES string of the molecule is CCCCN(C(=O)C(CC(C)C)NC(=O)OC(C)(C)C)C(C(=O)NC1CCCCC1)c1ccc(O)cc1. The molecule has 3 amide bonds. The van der Waals surface area contributed by atoms with Crippen molar-refractivity contribution in [2.24, 2.45) is 5.92 Å². The van der Waals surface area contributed by atoms with Gasteiger partial charge in [0.25, 0.3) is 0 Å². The van der Waals surface area contributed by atoms with Gasteiger partial charge in [0.05, 0.1) is 0 Å². The Kier molecular flexibility index (Phi) is 11.7.